The lowest BCUT2D eigenvalue weighted by Gasteiger charge is -2.40. The Kier molecular flexibility index (Phi) is 9.94. The summed E-state index contributed by atoms with van der Waals surface area (Å²) < 4.78 is 52.8. The van der Waals surface area contributed by atoms with Crippen LogP contribution in [-0.4, -0.2) is 52.7 Å². The number of anilines is 2. The first-order valence-electron chi connectivity index (χ1n) is 14.8. The number of methoxy groups -OCH3 is 1. The van der Waals surface area contributed by atoms with Crippen LogP contribution in [-0.2, 0) is 40.4 Å². The summed E-state index contributed by atoms with van der Waals surface area (Å²) in [7, 11) is 1.51. The number of primary amides is 1. The first-order chi connectivity index (χ1) is 21.1. The summed E-state index contributed by atoms with van der Waals surface area (Å²) in [6.45, 7) is 8.74. The molecule has 0 atom stereocenters. The van der Waals surface area contributed by atoms with Crippen LogP contribution >= 0.6 is 0 Å². The fourth-order valence-corrected chi connectivity index (χ4v) is 5.41. The van der Waals surface area contributed by atoms with Crippen LogP contribution in [0.5, 0.6) is 5.75 Å². The van der Waals surface area contributed by atoms with Crippen molar-refractivity contribution in [3.63, 3.8) is 0 Å². The number of nitrogens with one attached hydrogen (secondary N) is 1. The highest BCUT2D eigenvalue weighted by atomic mass is 19.4. The van der Waals surface area contributed by atoms with Crippen molar-refractivity contribution in [3.8, 4) is 5.75 Å². The first-order valence-corrected chi connectivity index (χ1v) is 14.8. The van der Waals surface area contributed by atoms with Gasteiger partial charge < -0.3 is 25.4 Å². The van der Waals surface area contributed by atoms with Crippen molar-refractivity contribution >= 4 is 23.6 Å². The van der Waals surface area contributed by atoms with E-state index in [1.807, 2.05) is 32.9 Å². The molecule has 3 aromatic rings. The largest absolute Gasteiger partial charge is 0.495 e. The second-order valence-corrected chi connectivity index (χ2v) is 12.5. The predicted octanol–water partition coefficient (Wildman–Crippen LogP) is 6.35. The molecule has 0 aliphatic carbocycles. The highest BCUT2D eigenvalue weighted by Gasteiger charge is 2.36. The van der Waals surface area contributed by atoms with Gasteiger partial charge in [0.05, 0.1) is 30.5 Å². The first kappa shape index (κ1) is 33.5. The number of alkyl halides is 3. The molecular formula is C33H40F3N5O4. The molecular weight excluding hydrogens is 587 g/mol. The molecule has 1 fully saturated rings. The van der Waals surface area contributed by atoms with Gasteiger partial charge in [0.25, 0.3) is 0 Å². The van der Waals surface area contributed by atoms with Crippen LogP contribution in [0, 0.1) is 0 Å². The van der Waals surface area contributed by atoms with Crippen LogP contribution in [0.25, 0.3) is 0 Å². The lowest BCUT2D eigenvalue weighted by Crippen LogP contribution is -2.45. The van der Waals surface area contributed by atoms with Crippen molar-refractivity contribution in [3.05, 3.63) is 76.6 Å². The second-order valence-electron chi connectivity index (χ2n) is 12.5. The van der Waals surface area contributed by atoms with Gasteiger partial charge in [0.1, 0.15) is 11.4 Å². The molecule has 0 unspecified atom stereocenters. The van der Waals surface area contributed by atoms with Crippen LogP contribution in [0.15, 0.2) is 48.7 Å². The second kappa shape index (κ2) is 13.3. The third-order valence-corrected chi connectivity index (χ3v) is 7.95. The number of hydrogen-bond acceptors (Lipinski definition) is 7. The van der Waals surface area contributed by atoms with Gasteiger partial charge in [-0.1, -0.05) is 37.3 Å². The Bertz CT molecular complexity index is 1530. The summed E-state index contributed by atoms with van der Waals surface area (Å²) >= 11 is 0. The molecule has 0 bridgehead atoms. The molecule has 9 nitrogen and oxygen atoms in total. The summed E-state index contributed by atoms with van der Waals surface area (Å²) in [6, 6.07) is 12.6. The maximum atomic E-state index is 13.9. The van der Waals surface area contributed by atoms with Crippen molar-refractivity contribution in [1.82, 2.24) is 14.9 Å². The van der Waals surface area contributed by atoms with E-state index in [4.69, 9.17) is 15.2 Å². The number of carbonyl (C=O) groups is 2. The number of hydrogen-bond donors (Lipinski definition) is 2. The van der Waals surface area contributed by atoms with E-state index in [2.05, 4.69) is 22.2 Å². The van der Waals surface area contributed by atoms with E-state index in [0.29, 0.717) is 30.1 Å². The standard InChI is InChI=1S/C33H40F3N5O4/c1-31(2,3)45-30(43)41-16-14-32(4,15-17-41)23-11-13-26(27(19-23)44-5)40-29-38-20-24(33(34,35)36)25(39-29)12-10-21-8-6-7-9-22(21)18-28(37)42/h6-9,11,13,19-20H,10,12,14-18H2,1-5H3,(H2,37,42)(H,38,39,40). The molecule has 0 radical (unpaired) electrons. The topological polar surface area (TPSA) is 120 Å². The van der Waals surface area contributed by atoms with Crippen LogP contribution < -0.4 is 15.8 Å². The van der Waals surface area contributed by atoms with Crippen molar-refractivity contribution in [2.75, 3.05) is 25.5 Å². The molecule has 1 aliphatic heterocycles. The lowest BCUT2D eigenvalue weighted by molar-refractivity contribution is -0.138. The highest BCUT2D eigenvalue weighted by Crippen LogP contribution is 2.40. The van der Waals surface area contributed by atoms with E-state index < -0.39 is 23.2 Å². The zero-order valence-electron chi connectivity index (χ0n) is 26.3. The van der Waals surface area contributed by atoms with Crippen LogP contribution in [0.3, 0.4) is 0 Å². The van der Waals surface area contributed by atoms with Gasteiger partial charge in [-0.2, -0.15) is 13.2 Å². The van der Waals surface area contributed by atoms with Gasteiger partial charge >= 0.3 is 12.3 Å². The fourth-order valence-electron chi connectivity index (χ4n) is 5.41. The normalized spacial score (nSPS) is 15.0. The lowest BCUT2D eigenvalue weighted by atomic mass is 9.74. The van der Waals surface area contributed by atoms with E-state index in [1.54, 1.807) is 35.2 Å². The van der Waals surface area contributed by atoms with Crippen molar-refractivity contribution in [2.24, 2.45) is 5.73 Å². The molecule has 1 saturated heterocycles. The summed E-state index contributed by atoms with van der Waals surface area (Å²) in [5.74, 6) is -0.0488. The number of nitrogens with two attached hydrogens (primary N) is 1. The monoisotopic (exact) mass is 627 g/mol. The number of rotatable bonds is 9. The van der Waals surface area contributed by atoms with E-state index in [9.17, 15) is 22.8 Å². The minimum atomic E-state index is -4.64. The molecule has 0 spiro atoms. The number of likely N-dealkylation sites (tertiary alicyclic amines) is 1. The zero-order valence-corrected chi connectivity index (χ0v) is 26.3. The van der Waals surface area contributed by atoms with Crippen molar-refractivity contribution in [2.45, 2.75) is 77.0 Å². The maximum Gasteiger partial charge on any atom is 0.419 e. The van der Waals surface area contributed by atoms with E-state index in [1.165, 1.54) is 7.11 Å². The number of piperidine rings is 1. The van der Waals surface area contributed by atoms with Crippen LogP contribution in [0.4, 0.5) is 29.6 Å². The molecule has 4 rings (SSSR count). The predicted molar refractivity (Wildman–Crippen MR) is 164 cm³/mol. The average molecular weight is 628 g/mol. The Balaban J connectivity index is 1.52. The molecule has 0 saturated carbocycles. The number of aryl methyl sites for hydroxylation is 2. The highest BCUT2D eigenvalue weighted by molar-refractivity contribution is 5.77. The molecule has 12 heteroatoms. The Morgan fingerprint density at radius 3 is 2.31 bits per heavy atom. The Morgan fingerprint density at radius 1 is 1.04 bits per heavy atom. The number of carbonyl (C=O) groups excluding carboxylic acids is 2. The zero-order chi connectivity index (χ0) is 33.0. The van der Waals surface area contributed by atoms with Crippen molar-refractivity contribution < 1.29 is 32.2 Å². The van der Waals surface area contributed by atoms with E-state index in [0.717, 1.165) is 30.2 Å². The maximum absolute atomic E-state index is 13.9. The molecule has 1 aliphatic rings. The van der Waals surface area contributed by atoms with Crippen LogP contribution in [0.1, 0.15) is 68.5 Å². The number of nitrogens with zero attached hydrogens (tertiary/aromatic N) is 3. The molecule has 2 heterocycles. The van der Waals surface area contributed by atoms with Gasteiger partial charge in [-0.3, -0.25) is 4.79 Å². The number of amides is 2. The summed E-state index contributed by atoms with van der Waals surface area (Å²) in [4.78, 5) is 33.9. The number of halogens is 3. The van der Waals surface area contributed by atoms with Gasteiger partial charge in [0.15, 0.2) is 0 Å². The minimum Gasteiger partial charge on any atom is -0.495 e. The van der Waals surface area contributed by atoms with Crippen molar-refractivity contribution in [1.29, 1.82) is 0 Å². The molecule has 242 valence electrons. The third-order valence-electron chi connectivity index (χ3n) is 7.95. The fraction of sp³-hybridized carbons (Fsp3) is 0.455. The Morgan fingerprint density at radius 2 is 1.71 bits per heavy atom. The van der Waals surface area contributed by atoms with Gasteiger partial charge in [0.2, 0.25) is 11.9 Å². The smallest absolute Gasteiger partial charge is 0.419 e. The Hall–Kier alpha value is -4.35. The molecule has 1 aromatic heterocycles. The summed E-state index contributed by atoms with van der Waals surface area (Å²) in [5, 5.41) is 3.02. The SMILES string of the molecule is COc1cc(C2(C)CCN(C(=O)OC(C)(C)C)CC2)ccc1Nc1ncc(C(F)(F)F)c(CCc2ccccc2CC(N)=O)n1. The Labute approximate surface area is 261 Å². The molecule has 2 aromatic carbocycles. The third kappa shape index (κ3) is 8.64. The number of aromatic nitrogens is 2. The summed E-state index contributed by atoms with van der Waals surface area (Å²) in [6.07, 6.45) is -2.56. The number of benzene rings is 2. The number of ether oxygens (including phenoxy) is 2. The van der Waals surface area contributed by atoms with Gasteiger partial charge in [-0.15, -0.1) is 0 Å². The van der Waals surface area contributed by atoms with E-state index >= 15 is 0 Å². The molecule has 2 amide bonds. The average Bonchev–Trinajstić information content (AvgIpc) is 2.95. The van der Waals surface area contributed by atoms with Gasteiger partial charge in [0, 0.05) is 19.3 Å². The summed E-state index contributed by atoms with van der Waals surface area (Å²) in [5.41, 5.74) is 6.35. The van der Waals surface area contributed by atoms with Gasteiger partial charge in [-0.05, 0) is 80.7 Å². The van der Waals surface area contributed by atoms with E-state index in [-0.39, 0.29) is 42.4 Å². The van der Waals surface area contributed by atoms with Crippen LogP contribution in [0.2, 0.25) is 0 Å². The molecule has 3 N–H and O–H groups in total. The molecule has 45 heavy (non-hydrogen) atoms. The van der Waals surface area contributed by atoms with Gasteiger partial charge in [-0.25, -0.2) is 14.8 Å². The minimum absolute atomic E-state index is 0.00425. The quantitative estimate of drug-likeness (QED) is 0.284.